The van der Waals surface area contributed by atoms with Gasteiger partial charge in [0.05, 0.1) is 29.3 Å². The van der Waals surface area contributed by atoms with Crippen LogP contribution in [0.1, 0.15) is 43.0 Å². The van der Waals surface area contributed by atoms with E-state index in [-0.39, 0.29) is 6.09 Å². The molecule has 1 fully saturated rings. The molecule has 1 aliphatic rings. The first kappa shape index (κ1) is 27.4. The summed E-state index contributed by atoms with van der Waals surface area (Å²) in [4.78, 5) is 21.5. The van der Waals surface area contributed by atoms with E-state index >= 15 is 0 Å². The fourth-order valence-electron chi connectivity index (χ4n) is 5.73. The van der Waals surface area contributed by atoms with Gasteiger partial charge in [0.25, 0.3) is 0 Å². The van der Waals surface area contributed by atoms with Crippen LogP contribution in [-0.4, -0.2) is 57.2 Å². The van der Waals surface area contributed by atoms with E-state index in [9.17, 15) is 10.1 Å². The van der Waals surface area contributed by atoms with E-state index in [1.54, 1.807) is 4.90 Å². The van der Waals surface area contributed by atoms with Gasteiger partial charge >= 0.3 is 6.09 Å². The van der Waals surface area contributed by atoms with E-state index in [0.29, 0.717) is 18.7 Å². The van der Waals surface area contributed by atoms with Crippen molar-refractivity contribution in [3.8, 4) is 28.6 Å². The van der Waals surface area contributed by atoms with E-state index < -0.39 is 5.60 Å². The summed E-state index contributed by atoms with van der Waals surface area (Å²) in [7, 11) is 2.02. The lowest BCUT2D eigenvalue weighted by Crippen LogP contribution is -2.49. The number of carbonyl (C=O) groups excluding carboxylic acids is 1. The van der Waals surface area contributed by atoms with Crippen molar-refractivity contribution < 1.29 is 9.53 Å². The van der Waals surface area contributed by atoms with Crippen LogP contribution in [0.25, 0.3) is 33.3 Å². The molecule has 0 spiro atoms. The molecule has 40 heavy (non-hydrogen) atoms. The largest absolute Gasteiger partial charge is 0.444 e. The number of carbonyl (C=O) groups is 1. The molecule has 0 N–H and O–H groups in total. The van der Waals surface area contributed by atoms with Crippen molar-refractivity contribution >= 4 is 16.9 Å². The summed E-state index contributed by atoms with van der Waals surface area (Å²) in [6.45, 7) is 13.8. The van der Waals surface area contributed by atoms with Crippen LogP contribution in [0.3, 0.4) is 0 Å². The van der Waals surface area contributed by atoms with Gasteiger partial charge in [-0.15, -0.1) is 0 Å². The first-order chi connectivity index (χ1) is 19.1. The van der Waals surface area contributed by atoms with E-state index in [4.69, 9.17) is 9.72 Å². The lowest BCUT2D eigenvalue weighted by atomic mass is 9.92. The number of fused-ring (bicyclic) bond motifs is 1. The first-order valence-corrected chi connectivity index (χ1v) is 13.8. The smallest absolute Gasteiger partial charge is 0.410 e. The molecular weight excluding hydrogens is 498 g/mol. The maximum absolute atomic E-state index is 12.4. The average Bonchev–Trinajstić information content (AvgIpc) is 3.27. The molecule has 7 nitrogen and oxygen atoms in total. The highest BCUT2D eigenvalue weighted by Gasteiger charge is 2.26. The third-order valence-electron chi connectivity index (χ3n) is 7.50. The number of aromatic nitrogens is 2. The second-order valence-corrected chi connectivity index (χ2v) is 11.7. The Hall–Kier alpha value is -4.15. The molecule has 7 heteroatoms. The zero-order valence-electron chi connectivity index (χ0n) is 24.3. The Kier molecular flexibility index (Phi) is 7.39. The molecule has 4 aromatic rings. The van der Waals surface area contributed by atoms with Gasteiger partial charge in [0.2, 0.25) is 0 Å². The molecule has 1 aliphatic heterocycles. The van der Waals surface area contributed by atoms with Crippen molar-refractivity contribution in [1.29, 1.82) is 5.26 Å². The number of amides is 1. The second-order valence-electron chi connectivity index (χ2n) is 11.7. The minimum atomic E-state index is -0.480. The third kappa shape index (κ3) is 5.45. The van der Waals surface area contributed by atoms with Gasteiger partial charge in [0, 0.05) is 56.3 Å². The third-order valence-corrected chi connectivity index (χ3v) is 7.50. The summed E-state index contributed by atoms with van der Waals surface area (Å²) >= 11 is 0. The zero-order valence-corrected chi connectivity index (χ0v) is 24.3. The standard InChI is InChI=1S/C33H37N5O2/c1-22-17-24(20-37-13-15-38(16-14-37)32(39)40-33(3,4)5)18-23(2)29(22)30-31(36(6)21-35-30)28-12-11-25(19-34)26-9-7-8-10-27(26)28/h7-12,17-18,21H,13-16,20H2,1-6H3. The van der Waals surface area contributed by atoms with Crippen LogP contribution in [0.5, 0.6) is 0 Å². The molecular formula is C33H37N5O2. The summed E-state index contributed by atoms with van der Waals surface area (Å²) in [6, 6.07) is 18.9. The van der Waals surface area contributed by atoms with Crippen LogP contribution in [0, 0.1) is 25.2 Å². The minimum absolute atomic E-state index is 0.232. The molecule has 1 aromatic heterocycles. The van der Waals surface area contributed by atoms with Crippen molar-refractivity contribution in [2.45, 2.75) is 46.8 Å². The Bertz CT molecular complexity index is 1590. The summed E-state index contributed by atoms with van der Waals surface area (Å²) in [5.74, 6) is 0. The maximum Gasteiger partial charge on any atom is 0.410 e. The van der Waals surface area contributed by atoms with E-state index in [1.165, 1.54) is 16.7 Å². The second kappa shape index (κ2) is 10.8. The van der Waals surface area contributed by atoms with Gasteiger partial charge in [-0.2, -0.15) is 5.26 Å². The molecule has 0 unspecified atom stereocenters. The van der Waals surface area contributed by atoms with Crippen LogP contribution in [0.2, 0.25) is 0 Å². The monoisotopic (exact) mass is 535 g/mol. The lowest BCUT2D eigenvalue weighted by molar-refractivity contribution is 0.0139. The van der Waals surface area contributed by atoms with Gasteiger partial charge < -0.3 is 14.2 Å². The first-order valence-electron chi connectivity index (χ1n) is 13.8. The number of benzene rings is 3. The Balaban J connectivity index is 1.40. The highest BCUT2D eigenvalue weighted by molar-refractivity contribution is 6.01. The summed E-state index contributed by atoms with van der Waals surface area (Å²) in [5, 5.41) is 11.6. The highest BCUT2D eigenvalue weighted by atomic mass is 16.6. The van der Waals surface area contributed by atoms with Gasteiger partial charge in [-0.05, 0) is 62.8 Å². The van der Waals surface area contributed by atoms with Crippen LogP contribution < -0.4 is 0 Å². The van der Waals surface area contributed by atoms with Gasteiger partial charge in [0.1, 0.15) is 5.60 Å². The Labute approximate surface area is 236 Å². The van der Waals surface area contributed by atoms with Crippen LogP contribution in [0.4, 0.5) is 4.79 Å². The number of hydrogen-bond acceptors (Lipinski definition) is 5. The fraction of sp³-hybridized carbons (Fsp3) is 0.364. The molecule has 206 valence electrons. The number of ether oxygens (including phenoxy) is 1. The molecule has 3 aromatic carbocycles. The van der Waals surface area contributed by atoms with Crippen molar-refractivity contribution in [3.05, 3.63) is 77.1 Å². The van der Waals surface area contributed by atoms with Gasteiger partial charge in [-0.25, -0.2) is 9.78 Å². The molecule has 1 saturated heterocycles. The Morgan fingerprint density at radius 2 is 1.65 bits per heavy atom. The van der Waals surface area contributed by atoms with Crippen LogP contribution >= 0.6 is 0 Å². The van der Waals surface area contributed by atoms with E-state index in [1.807, 2.05) is 64.5 Å². The number of nitriles is 1. The van der Waals surface area contributed by atoms with E-state index in [2.05, 4.69) is 47.6 Å². The van der Waals surface area contributed by atoms with Crippen molar-refractivity contribution in [3.63, 3.8) is 0 Å². The van der Waals surface area contributed by atoms with Crippen LogP contribution in [0.15, 0.2) is 54.9 Å². The molecule has 0 atom stereocenters. The van der Waals surface area contributed by atoms with Crippen molar-refractivity contribution in [2.24, 2.45) is 7.05 Å². The molecule has 0 radical (unpaired) electrons. The number of imidazole rings is 1. The SMILES string of the molecule is Cc1cc(CN2CCN(C(=O)OC(C)(C)C)CC2)cc(C)c1-c1ncn(C)c1-c1ccc(C#N)c2ccccc12. The minimum Gasteiger partial charge on any atom is -0.444 e. The van der Waals surface area contributed by atoms with Gasteiger partial charge in [0.15, 0.2) is 0 Å². The highest BCUT2D eigenvalue weighted by Crippen LogP contribution is 2.39. The number of piperazine rings is 1. The number of rotatable bonds is 4. The normalized spacial score (nSPS) is 14.4. The molecule has 0 saturated carbocycles. The summed E-state index contributed by atoms with van der Waals surface area (Å²) in [6.07, 6.45) is 1.64. The van der Waals surface area contributed by atoms with Gasteiger partial charge in [-0.1, -0.05) is 42.5 Å². The van der Waals surface area contributed by atoms with Crippen molar-refractivity contribution in [1.82, 2.24) is 19.4 Å². The molecule has 0 aliphatic carbocycles. The number of aryl methyl sites for hydroxylation is 3. The summed E-state index contributed by atoms with van der Waals surface area (Å²) in [5.41, 5.74) is 8.00. The topological polar surface area (TPSA) is 74.4 Å². The maximum atomic E-state index is 12.4. The Morgan fingerprint density at radius 1 is 1.00 bits per heavy atom. The van der Waals surface area contributed by atoms with Gasteiger partial charge in [-0.3, -0.25) is 4.90 Å². The fourth-order valence-corrected chi connectivity index (χ4v) is 5.73. The summed E-state index contributed by atoms with van der Waals surface area (Å²) < 4.78 is 7.61. The van der Waals surface area contributed by atoms with Crippen LogP contribution in [-0.2, 0) is 18.3 Å². The molecule has 1 amide bonds. The Morgan fingerprint density at radius 3 is 2.27 bits per heavy atom. The molecule has 0 bridgehead atoms. The quantitative estimate of drug-likeness (QED) is 0.300. The molecule has 2 heterocycles. The predicted molar refractivity (Wildman–Crippen MR) is 159 cm³/mol. The molecule has 5 rings (SSSR count). The van der Waals surface area contributed by atoms with Crippen molar-refractivity contribution in [2.75, 3.05) is 26.2 Å². The van der Waals surface area contributed by atoms with E-state index in [0.717, 1.165) is 52.9 Å². The number of nitrogens with zero attached hydrogens (tertiary/aromatic N) is 5. The zero-order chi connectivity index (χ0) is 28.6. The average molecular weight is 536 g/mol. The predicted octanol–water partition coefficient (Wildman–Crippen LogP) is 6.45. The number of hydrogen-bond donors (Lipinski definition) is 0. The lowest BCUT2D eigenvalue weighted by Gasteiger charge is -2.35.